The molecule has 2 aromatic rings. The molecule has 0 fully saturated rings. The van der Waals surface area contributed by atoms with Gasteiger partial charge in [-0.05, 0) is 30.7 Å². The van der Waals surface area contributed by atoms with E-state index < -0.39 is 12.6 Å². The number of esters is 1. The molecule has 0 aliphatic rings. The molecule has 0 heterocycles. The molecule has 0 unspecified atom stereocenters. The Hall–Kier alpha value is -2.66. The normalized spacial score (nSPS) is 10.1. The van der Waals surface area contributed by atoms with Gasteiger partial charge in [-0.25, -0.2) is 4.79 Å². The Labute approximate surface area is 128 Å². The van der Waals surface area contributed by atoms with E-state index in [2.05, 4.69) is 0 Å². The zero-order valence-corrected chi connectivity index (χ0v) is 12.4. The number of carbonyl (C=O) groups is 2. The number of amides is 1. The third-order valence-electron chi connectivity index (χ3n) is 3.26. The fourth-order valence-electron chi connectivity index (χ4n) is 2.08. The van der Waals surface area contributed by atoms with Gasteiger partial charge in [0.1, 0.15) is 6.61 Å². The number of aliphatic hydroxyl groups is 1. The van der Waals surface area contributed by atoms with E-state index in [9.17, 15) is 9.59 Å². The summed E-state index contributed by atoms with van der Waals surface area (Å²) in [6.45, 7) is 1.14. The Morgan fingerprint density at radius 1 is 1.09 bits per heavy atom. The van der Waals surface area contributed by atoms with Crippen LogP contribution >= 0.6 is 0 Å². The molecule has 0 radical (unpaired) electrons. The number of aliphatic hydroxyl groups excluding tert-OH is 1. The van der Waals surface area contributed by atoms with Crippen molar-refractivity contribution < 1.29 is 19.4 Å². The fourth-order valence-corrected chi connectivity index (χ4v) is 2.08. The van der Waals surface area contributed by atoms with Gasteiger partial charge in [-0.1, -0.05) is 30.3 Å². The number of rotatable bonds is 4. The third kappa shape index (κ3) is 3.32. The van der Waals surface area contributed by atoms with Crippen molar-refractivity contribution in [1.82, 2.24) is 0 Å². The third-order valence-corrected chi connectivity index (χ3v) is 3.26. The predicted octanol–water partition coefficient (Wildman–Crippen LogP) is 2.17. The van der Waals surface area contributed by atoms with Crippen LogP contribution in [-0.4, -0.2) is 30.6 Å². The lowest BCUT2D eigenvalue weighted by atomic mass is 10.1. The van der Waals surface area contributed by atoms with Crippen LogP contribution in [0.15, 0.2) is 48.5 Å². The number of ether oxygens (including phenoxy) is 1. The fraction of sp³-hybridized carbons (Fsp3) is 0.176. The summed E-state index contributed by atoms with van der Waals surface area (Å²) in [5, 5.41) is 8.79. The van der Waals surface area contributed by atoms with Gasteiger partial charge < -0.3 is 14.7 Å². The highest BCUT2D eigenvalue weighted by Crippen LogP contribution is 2.28. The second-order valence-corrected chi connectivity index (χ2v) is 4.78. The van der Waals surface area contributed by atoms with E-state index >= 15 is 0 Å². The average Bonchev–Trinajstić information content (AvgIpc) is 2.54. The average molecular weight is 299 g/mol. The second-order valence-electron chi connectivity index (χ2n) is 4.78. The maximum Gasteiger partial charge on any atom is 0.337 e. The standard InChI is InChI=1S/C17H17NO4/c1-12-7-3-4-8-13(12)17(21)18(2)14-9-5-6-10-15(14)22-16(20)11-19/h3-10,19H,11H2,1-2H3. The van der Waals surface area contributed by atoms with Crippen molar-refractivity contribution in [2.45, 2.75) is 6.92 Å². The van der Waals surface area contributed by atoms with E-state index in [1.54, 1.807) is 43.4 Å². The van der Waals surface area contributed by atoms with Gasteiger partial charge in [-0.2, -0.15) is 0 Å². The van der Waals surface area contributed by atoms with Crippen molar-refractivity contribution in [2.75, 3.05) is 18.6 Å². The van der Waals surface area contributed by atoms with E-state index in [1.807, 2.05) is 19.1 Å². The van der Waals surface area contributed by atoms with Crippen molar-refractivity contribution in [3.05, 3.63) is 59.7 Å². The first-order chi connectivity index (χ1) is 10.5. The molecule has 5 nitrogen and oxygen atoms in total. The molecule has 0 aliphatic carbocycles. The summed E-state index contributed by atoms with van der Waals surface area (Å²) in [5.74, 6) is -0.749. The molecule has 0 atom stereocenters. The van der Waals surface area contributed by atoms with Crippen LogP contribution in [-0.2, 0) is 4.79 Å². The monoisotopic (exact) mass is 299 g/mol. The number of carbonyl (C=O) groups excluding carboxylic acids is 2. The van der Waals surface area contributed by atoms with Crippen LogP contribution in [0, 0.1) is 6.92 Å². The maximum atomic E-state index is 12.6. The molecule has 2 aromatic carbocycles. The summed E-state index contributed by atoms with van der Waals surface area (Å²) >= 11 is 0. The number of para-hydroxylation sites is 2. The highest BCUT2D eigenvalue weighted by Gasteiger charge is 2.19. The molecule has 0 spiro atoms. The van der Waals surface area contributed by atoms with Crippen LogP contribution in [0.25, 0.3) is 0 Å². The molecular weight excluding hydrogens is 282 g/mol. The summed E-state index contributed by atoms with van der Waals surface area (Å²) in [6.07, 6.45) is 0. The zero-order chi connectivity index (χ0) is 16.1. The van der Waals surface area contributed by atoms with Gasteiger partial charge in [-0.15, -0.1) is 0 Å². The molecule has 22 heavy (non-hydrogen) atoms. The largest absolute Gasteiger partial charge is 0.423 e. The van der Waals surface area contributed by atoms with Gasteiger partial charge in [0.05, 0.1) is 5.69 Å². The molecule has 1 N–H and O–H groups in total. The Morgan fingerprint density at radius 3 is 2.41 bits per heavy atom. The number of hydrogen-bond acceptors (Lipinski definition) is 4. The van der Waals surface area contributed by atoms with Gasteiger partial charge in [0.25, 0.3) is 5.91 Å². The topological polar surface area (TPSA) is 66.8 Å². The van der Waals surface area contributed by atoms with E-state index in [4.69, 9.17) is 9.84 Å². The van der Waals surface area contributed by atoms with E-state index in [0.29, 0.717) is 11.3 Å². The number of hydrogen-bond donors (Lipinski definition) is 1. The van der Waals surface area contributed by atoms with Crippen LogP contribution in [0.5, 0.6) is 5.75 Å². The molecule has 2 rings (SSSR count). The van der Waals surface area contributed by atoms with Gasteiger partial charge in [0.15, 0.2) is 5.75 Å². The smallest absolute Gasteiger partial charge is 0.337 e. The summed E-state index contributed by atoms with van der Waals surface area (Å²) in [5.41, 5.74) is 1.90. The van der Waals surface area contributed by atoms with Crippen LogP contribution in [0.1, 0.15) is 15.9 Å². The summed E-state index contributed by atoms with van der Waals surface area (Å²) in [6, 6.07) is 14.0. The molecule has 0 saturated heterocycles. The highest BCUT2D eigenvalue weighted by atomic mass is 16.5. The van der Waals surface area contributed by atoms with Crippen molar-refractivity contribution >= 4 is 17.6 Å². The number of benzene rings is 2. The van der Waals surface area contributed by atoms with Crippen LogP contribution in [0.3, 0.4) is 0 Å². The first-order valence-corrected chi connectivity index (χ1v) is 6.79. The van der Waals surface area contributed by atoms with Crippen LogP contribution in [0.2, 0.25) is 0 Å². The Bertz CT molecular complexity index is 697. The molecule has 0 bridgehead atoms. The maximum absolute atomic E-state index is 12.6. The van der Waals surface area contributed by atoms with Crippen molar-refractivity contribution in [1.29, 1.82) is 0 Å². The molecule has 0 saturated carbocycles. The Balaban J connectivity index is 2.33. The lowest BCUT2D eigenvalue weighted by Gasteiger charge is -2.21. The lowest BCUT2D eigenvalue weighted by Crippen LogP contribution is -2.28. The number of nitrogens with zero attached hydrogens (tertiary/aromatic N) is 1. The quantitative estimate of drug-likeness (QED) is 0.694. The van der Waals surface area contributed by atoms with Gasteiger partial charge in [-0.3, -0.25) is 4.79 Å². The first-order valence-electron chi connectivity index (χ1n) is 6.79. The number of aryl methyl sites for hydroxylation is 1. The molecule has 5 heteroatoms. The van der Waals surface area contributed by atoms with Gasteiger partial charge in [0.2, 0.25) is 0 Å². The van der Waals surface area contributed by atoms with Crippen LogP contribution in [0.4, 0.5) is 5.69 Å². The highest BCUT2D eigenvalue weighted by molar-refractivity contribution is 6.07. The lowest BCUT2D eigenvalue weighted by molar-refractivity contribution is -0.137. The minimum Gasteiger partial charge on any atom is -0.423 e. The van der Waals surface area contributed by atoms with E-state index in [0.717, 1.165) is 5.56 Å². The van der Waals surface area contributed by atoms with E-state index in [-0.39, 0.29) is 11.7 Å². The Morgan fingerprint density at radius 2 is 1.73 bits per heavy atom. The Kier molecular flexibility index (Phi) is 4.91. The van der Waals surface area contributed by atoms with E-state index in [1.165, 1.54) is 4.90 Å². The minimum absolute atomic E-state index is 0.203. The predicted molar refractivity (Wildman–Crippen MR) is 83.1 cm³/mol. The molecule has 114 valence electrons. The summed E-state index contributed by atoms with van der Waals surface area (Å²) in [7, 11) is 1.61. The van der Waals surface area contributed by atoms with Crippen molar-refractivity contribution in [2.24, 2.45) is 0 Å². The minimum atomic E-state index is -0.774. The molecule has 0 aromatic heterocycles. The molecular formula is C17H17NO4. The molecule has 1 amide bonds. The summed E-state index contributed by atoms with van der Waals surface area (Å²) < 4.78 is 5.05. The van der Waals surface area contributed by atoms with Crippen LogP contribution < -0.4 is 9.64 Å². The molecule has 0 aliphatic heterocycles. The van der Waals surface area contributed by atoms with Crippen molar-refractivity contribution in [3.63, 3.8) is 0 Å². The van der Waals surface area contributed by atoms with Gasteiger partial charge in [0, 0.05) is 12.6 Å². The second kappa shape index (κ2) is 6.87. The van der Waals surface area contributed by atoms with Gasteiger partial charge >= 0.3 is 5.97 Å². The number of anilines is 1. The first kappa shape index (κ1) is 15.7. The SMILES string of the molecule is Cc1ccccc1C(=O)N(C)c1ccccc1OC(=O)CO. The summed E-state index contributed by atoms with van der Waals surface area (Å²) in [4.78, 5) is 25.3. The zero-order valence-electron chi connectivity index (χ0n) is 12.4. The van der Waals surface area contributed by atoms with Crippen molar-refractivity contribution in [3.8, 4) is 5.75 Å².